The maximum absolute atomic E-state index is 11.8. The van der Waals surface area contributed by atoms with Crippen molar-refractivity contribution in [2.24, 2.45) is 0 Å². The van der Waals surface area contributed by atoms with Crippen LogP contribution in [0.1, 0.15) is 12.0 Å². The Bertz CT molecular complexity index is 445. The second-order valence-corrected chi connectivity index (χ2v) is 4.94. The van der Waals surface area contributed by atoms with Gasteiger partial charge in [-0.3, -0.25) is 4.79 Å². The Morgan fingerprint density at radius 3 is 2.88 bits per heavy atom. The molecule has 0 aromatic heterocycles. The summed E-state index contributed by atoms with van der Waals surface area (Å²) in [5, 5.41) is 9.35. The number of hydrogen-bond donors (Lipinski definition) is 1. The molecule has 3 nitrogen and oxygen atoms in total. The zero-order valence-corrected chi connectivity index (χ0v) is 10.9. The second kappa shape index (κ2) is 5.47. The van der Waals surface area contributed by atoms with Gasteiger partial charge in [-0.2, -0.15) is 0 Å². The number of hydrogen-bond acceptors (Lipinski definition) is 2. The van der Waals surface area contributed by atoms with Crippen LogP contribution in [0.4, 0.5) is 0 Å². The molecular formula is C13H14BrNO2. The van der Waals surface area contributed by atoms with Gasteiger partial charge in [0.2, 0.25) is 5.91 Å². The number of amides is 1. The van der Waals surface area contributed by atoms with Crippen molar-refractivity contribution in [2.45, 2.75) is 12.5 Å². The molecule has 1 aromatic carbocycles. The Morgan fingerprint density at radius 1 is 1.47 bits per heavy atom. The molecule has 0 saturated carbocycles. The number of carbonyl (C=O) groups excluding carboxylic acids is 1. The average molecular weight is 296 g/mol. The highest BCUT2D eigenvalue weighted by molar-refractivity contribution is 9.10. The fourth-order valence-electron chi connectivity index (χ4n) is 1.82. The fourth-order valence-corrected chi connectivity index (χ4v) is 2.24. The van der Waals surface area contributed by atoms with Gasteiger partial charge in [0.1, 0.15) is 0 Å². The van der Waals surface area contributed by atoms with Gasteiger partial charge in [0.25, 0.3) is 0 Å². The van der Waals surface area contributed by atoms with E-state index in [-0.39, 0.29) is 12.0 Å². The minimum atomic E-state index is -0.365. The van der Waals surface area contributed by atoms with Crippen LogP contribution in [0.15, 0.2) is 34.8 Å². The molecule has 0 radical (unpaired) electrons. The van der Waals surface area contributed by atoms with Crippen LogP contribution in [0, 0.1) is 0 Å². The van der Waals surface area contributed by atoms with Gasteiger partial charge in [-0.15, -0.1) is 0 Å². The smallest absolute Gasteiger partial charge is 0.246 e. The van der Waals surface area contributed by atoms with Gasteiger partial charge < -0.3 is 10.0 Å². The van der Waals surface area contributed by atoms with Crippen LogP contribution in [0.25, 0.3) is 6.08 Å². The predicted molar refractivity (Wildman–Crippen MR) is 70.4 cm³/mol. The summed E-state index contributed by atoms with van der Waals surface area (Å²) in [4.78, 5) is 13.5. The maximum atomic E-state index is 11.8. The second-order valence-electron chi connectivity index (χ2n) is 4.08. The van der Waals surface area contributed by atoms with E-state index in [9.17, 15) is 9.90 Å². The Morgan fingerprint density at radius 2 is 2.24 bits per heavy atom. The molecule has 1 fully saturated rings. The number of nitrogens with zero attached hydrogens (tertiary/aromatic N) is 1. The summed E-state index contributed by atoms with van der Waals surface area (Å²) in [6.07, 6.45) is 3.65. The van der Waals surface area contributed by atoms with Crippen molar-refractivity contribution in [3.8, 4) is 0 Å². The number of halogens is 1. The van der Waals surface area contributed by atoms with Crippen molar-refractivity contribution in [1.82, 2.24) is 4.90 Å². The third kappa shape index (κ3) is 3.17. The molecule has 1 aromatic rings. The Kier molecular flexibility index (Phi) is 3.97. The molecule has 4 heteroatoms. The molecule has 0 spiro atoms. The quantitative estimate of drug-likeness (QED) is 0.849. The van der Waals surface area contributed by atoms with E-state index in [1.54, 1.807) is 17.1 Å². The minimum absolute atomic E-state index is 0.0442. The number of benzene rings is 1. The lowest BCUT2D eigenvalue weighted by Gasteiger charge is -2.12. The first-order chi connectivity index (χ1) is 8.16. The molecule has 2 rings (SSSR count). The highest BCUT2D eigenvalue weighted by Crippen LogP contribution is 2.17. The summed E-state index contributed by atoms with van der Waals surface area (Å²) in [6, 6.07) is 7.73. The van der Waals surface area contributed by atoms with Crippen molar-refractivity contribution in [3.05, 3.63) is 40.4 Å². The molecule has 0 unspecified atom stereocenters. The molecule has 0 aliphatic carbocycles. The molecule has 1 saturated heterocycles. The lowest BCUT2D eigenvalue weighted by molar-refractivity contribution is -0.125. The lowest BCUT2D eigenvalue weighted by Crippen LogP contribution is -2.27. The van der Waals surface area contributed by atoms with Gasteiger partial charge in [0.15, 0.2) is 0 Å². The van der Waals surface area contributed by atoms with Gasteiger partial charge in [-0.05, 0) is 24.1 Å². The zero-order valence-electron chi connectivity index (χ0n) is 9.34. The van der Waals surface area contributed by atoms with Crippen molar-refractivity contribution in [1.29, 1.82) is 0 Å². The van der Waals surface area contributed by atoms with E-state index < -0.39 is 0 Å². The van der Waals surface area contributed by atoms with E-state index in [1.807, 2.05) is 24.3 Å². The monoisotopic (exact) mass is 295 g/mol. The average Bonchev–Trinajstić information content (AvgIpc) is 2.74. The molecule has 1 heterocycles. The van der Waals surface area contributed by atoms with Crippen LogP contribution in [0.2, 0.25) is 0 Å². The van der Waals surface area contributed by atoms with Gasteiger partial charge in [-0.25, -0.2) is 0 Å². The van der Waals surface area contributed by atoms with Crippen LogP contribution in [0.3, 0.4) is 0 Å². The Hall–Kier alpha value is -1.13. The number of aliphatic hydroxyl groups is 1. The first-order valence-electron chi connectivity index (χ1n) is 5.56. The van der Waals surface area contributed by atoms with E-state index in [2.05, 4.69) is 15.9 Å². The van der Waals surface area contributed by atoms with E-state index in [0.717, 1.165) is 10.0 Å². The SMILES string of the molecule is O=C(C=Cc1ccccc1Br)N1CC[C@H](O)C1. The van der Waals surface area contributed by atoms with Gasteiger partial charge in [0.05, 0.1) is 6.10 Å². The zero-order chi connectivity index (χ0) is 12.3. The third-order valence-electron chi connectivity index (χ3n) is 2.79. The number of rotatable bonds is 2. The summed E-state index contributed by atoms with van der Waals surface area (Å²) >= 11 is 3.42. The largest absolute Gasteiger partial charge is 0.391 e. The van der Waals surface area contributed by atoms with Crippen LogP contribution in [-0.4, -0.2) is 35.1 Å². The Labute approximate surface area is 109 Å². The minimum Gasteiger partial charge on any atom is -0.391 e. The van der Waals surface area contributed by atoms with Crippen LogP contribution >= 0.6 is 15.9 Å². The van der Waals surface area contributed by atoms with Crippen molar-refractivity contribution >= 4 is 27.9 Å². The number of carbonyl (C=O) groups is 1. The van der Waals surface area contributed by atoms with E-state index in [4.69, 9.17) is 0 Å². The number of likely N-dealkylation sites (tertiary alicyclic amines) is 1. The topological polar surface area (TPSA) is 40.5 Å². The number of β-amino-alcohol motifs (C(OH)–C–C–N with tert-alkyl or cyclic N) is 1. The Balaban J connectivity index is 2.01. The fraction of sp³-hybridized carbons (Fsp3) is 0.308. The maximum Gasteiger partial charge on any atom is 0.246 e. The highest BCUT2D eigenvalue weighted by atomic mass is 79.9. The van der Waals surface area contributed by atoms with Gasteiger partial charge >= 0.3 is 0 Å². The van der Waals surface area contributed by atoms with E-state index in [0.29, 0.717) is 19.5 Å². The summed E-state index contributed by atoms with van der Waals surface area (Å²) in [5.41, 5.74) is 0.973. The summed E-state index contributed by atoms with van der Waals surface area (Å²) in [7, 11) is 0. The lowest BCUT2D eigenvalue weighted by atomic mass is 10.2. The van der Waals surface area contributed by atoms with Crippen LogP contribution < -0.4 is 0 Å². The molecule has 1 amide bonds. The first kappa shape index (κ1) is 12.3. The molecular weight excluding hydrogens is 282 g/mol. The van der Waals surface area contributed by atoms with E-state index in [1.165, 1.54) is 0 Å². The molecule has 90 valence electrons. The molecule has 1 atom stereocenters. The van der Waals surface area contributed by atoms with E-state index >= 15 is 0 Å². The van der Waals surface area contributed by atoms with Gasteiger partial charge in [-0.1, -0.05) is 34.1 Å². The molecule has 17 heavy (non-hydrogen) atoms. The summed E-state index contributed by atoms with van der Waals surface area (Å²) in [6.45, 7) is 1.08. The molecule has 1 aliphatic rings. The molecule has 0 bridgehead atoms. The molecule has 1 N–H and O–H groups in total. The predicted octanol–water partition coefficient (Wildman–Crippen LogP) is 2.06. The summed E-state index contributed by atoms with van der Waals surface area (Å²) in [5.74, 6) is -0.0442. The third-order valence-corrected chi connectivity index (χ3v) is 3.51. The standard InChI is InChI=1S/C13H14BrNO2/c14-12-4-2-1-3-10(12)5-6-13(17)15-8-7-11(16)9-15/h1-6,11,16H,7-9H2/t11-/m0/s1. The van der Waals surface area contributed by atoms with Gasteiger partial charge in [0, 0.05) is 23.6 Å². The van der Waals surface area contributed by atoms with Crippen LogP contribution in [-0.2, 0) is 4.79 Å². The highest BCUT2D eigenvalue weighted by Gasteiger charge is 2.22. The normalized spacial score (nSPS) is 20.1. The van der Waals surface area contributed by atoms with Crippen molar-refractivity contribution in [3.63, 3.8) is 0 Å². The summed E-state index contributed by atoms with van der Waals surface area (Å²) < 4.78 is 0.963. The van der Waals surface area contributed by atoms with Crippen molar-refractivity contribution < 1.29 is 9.90 Å². The number of aliphatic hydroxyl groups excluding tert-OH is 1. The first-order valence-corrected chi connectivity index (χ1v) is 6.35. The molecule has 1 aliphatic heterocycles. The van der Waals surface area contributed by atoms with Crippen LogP contribution in [0.5, 0.6) is 0 Å². The van der Waals surface area contributed by atoms with Crippen molar-refractivity contribution in [2.75, 3.05) is 13.1 Å².